The van der Waals surface area contributed by atoms with Gasteiger partial charge >= 0.3 is 0 Å². The van der Waals surface area contributed by atoms with Crippen molar-refractivity contribution >= 4 is 0 Å². The van der Waals surface area contributed by atoms with E-state index in [1.807, 2.05) is 0 Å². The molecule has 0 aromatic rings. The summed E-state index contributed by atoms with van der Waals surface area (Å²) in [6, 6.07) is -0.623. The number of aliphatic hydroxyl groups excluding tert-OH is 6. The van der Waals surface area contributed by atoms with Gasteiger partial charge in [0.25, 0.3) is 0 Å². The number of piperidine rings is 1. The molecule has 9 nitrogen and oxygen atoms in total. The van der Waals surface area contributed by atoms with Crippen LogP contribution in [0, 0.1) is 5.92 Å². The third-order valence-corrected chi connectivity index (χ3v) is 4.53. The van der Waals surface area contributed by atoms with Gasteiger partial charge in [0.15, 0.2) is 6.29 Å². The average Bonchev–Trinajstić information content (AvgIpc) is 2.51. The molecule has 2 rings (SSSR count). The first-order chi connectivity index (χ1) is 10.4. The molecule has 130 valence electrons. The highest BCUT2D eigenvalue weighted by molar-refractivity contribution is 4.97. The third kappa shape index (κ3) is 3.42. The maximum atomic E-state index is 10.2. The van der Waals surface area contributed by atoms with Gasteiger partial charge in [-0.3, -0.25) is 0 Å². The van der Waals surface area contributed by atoms with Crippen LogP contribution in [0.5, 0.6) is 0 Å². The van der Waals surface area contributed by atoms with Crippen molar-refractivity contribution in [2.75, 3.05) is 20.3 Å². The molecule has 2 fully saturated rings. The van der Waals surface area contributed by atoms with Crippen molar-refractivity contribution in [1.29, 1.82) is 0 Å². The van der Waals surface area contributed by atoms with E-state index >= 15 is 0 Å². The Labute approximate surface area is 128 Å². The maximum absolute atomic E-state index is 10.2. The van der Waals surface area contributed by atoms with Crippen molar-refractivity contribution in [2.45, 2.75) is 55.4 Å². The number of hydrogen-bond acceptors (Lipinski definition) is 9. The summed E-state index contributed by atoms with van der Waals surface area (Å²) >= 11 is 0. The zero-order chi connectivity index (χ0) is 16.4. The molecular weight excluding hydrogens is 298 g/mol. The van der Waals surface area contributed by atoms with Gasteiger partial charge in [0.2, 0.25) is 0 Å². The molecule has 2 aliphatic rings. The first-order valence-electron chi connectivity index (χ1n) is 7.33. The summed E-state index contributed by atoms with van der Waals surface area (Å²) in [7, 11) is 1.34. The fourth-order valence-electron chi connectivity index (χ4n) is 3.13. The number of rotatable bonds is 4. The molecule has 0 aliphatic carbocycles. The van der Waals surface area contributed by atoms with E-state index < -0.39 is 61.5 Å². The minimum atomic E-state index is -1.30. The van der Waals surface area contributed by atoms with Crippen LogP contribution < -0.4 is 5.32 Å². The second-order valence-electron chi connectivity index (χ2n) is 5.91. The van der Waals surface area contributed by atoms with E-state index in [1.54, 1.807) is 0 Å². The molecule has 22 heavy (non-hydrogen) atoms. The highest BCUT2D eigenvalue weighted by Crippen LogP contribution is 2.31. The van der Waals surface area contributed by atoms with Gasteiger partial charge in [-0.2, -0.15) is 0 Å². The molecule has 2 aliphatic heterocycles. The molecule has 0 spiro atoms. The van der Waals surface area contributed by atoms with Crippen LogP contribution in [0.4, 0.5) is 0 Å². The Morgan fingerprint density at radius 2 is 1.73 bits per heavy atom. The number of aliphatic hydroxyl groups is 6. The van der Waals surface area contributed by atoms with Crippen molar-refractivity contribution in [1.82, 2.24) is 5.32 Å². The van der Waals surface area contributed by atoms with Crippen LogP contribution >= 0.6 is 0 Å². The lowest BCUT2D eigenvalue weighted by Gasteiger charge is -2.44. The second kappa shape index (κ2) is 7.47. The largest absolute Gasteiger partial charge is 0.394 e. The van der Waals surface area contributed by atoms with Crippen LogP contribution in [0.3, 0.4) is 0 Å². The second-order valence-corrected chi connectivity index (χ2v) is 5.91. The summed E-state index contributed by atoms with van der Waals surface area (Å²) in [5.41, 5.74) is 0. The first-order valence-corrected chi connectivity index (χ1v) is 7.33. The maximum Gasteiger partial charge on any atom is 0.184 e. The van der Waals surface area contributed by atoms with Crippen LogP contribution in [0.25, 0.3) is 0 Å². The minimum Gasteiger partial charge on any atom is -0.394 e. The minimum absolute atomic E-state index is 0.0927. The van der Waals surface area contributed by atoms with Gasteiger partial charge in [0.1, 0.15) is 18.3 Å². The Morgan fingerprint density at radius 1 is 1.05 bits per heavy atom. The summed E-state index contributed by atoms with van der Waals surface area (Å²) in [4.78, 5) is 0. The zero-order valence-electron chi connectivity index (χ0n) is 12.3. The lowest BCUT2D eigenvalue weighted by atomic mass is 9.80. The van der Waals surface area contributed by atoms with E-state index in [0.717, 1.165) is 0 Å². The molecule has 0 aromatic heterocycles. The first kappa shape index (κ1) is 18.0. The van der Waals surface area contributed by atoms with Gasteiger partial charge in [0, 0.05) is 25.6 Å². The molecule has 0 unspecified atom stereocenters. The SMILES string of the molecule is CO[C@H]1O[C@H](CO)[C@@H](O)[C@H](C[C@@H]2NC[C@@H](O)[C@H](O)[C@@H]2O)[C@@H]1O. The fraction of sp³-hybridized carbons (Fsp3) is 1.00. The summed E-state index contributed by atoms with van der Waals surface area (Å²) < 4.78 is 10.3. The third-order valence-electron chi connectivity index (χ3n) is 4.53. The fourth-order valence-corrected chi connectivity index (χ4v) is 3.13. The average molecular weight is 323 g/mol. The van der Waals surface area contributed by atoms with E-state index in [-0.39, 0.29) is 13.0 Å². The quantitative estimate of drug-likeness (QED) is 0.275. The highest BCUT2D eigenvalue weighted by Gasteiger charge is 2.47. The molecule has 0 bridgehead atoms. The standard InChI is InChI=1S/C13H25NO8/c1-21-13-10(18)5(9(17)8(4-15)22-13)2-6-11(19)12(20)7(16)3-14-6/h5-20H,2-4H2,1H3/t5-,6-,7+,8+,9-,10-,11+,12-,13-/m0/s1. The molecule has 9 heteroatoms. The lowest BCUT2D eigenvalue weighted by molar-refractivity contribution is -0.285. The molecule has 0 aromatic carbocycles. The predicted molar refractivity (Wildman–Crippen MR) is 72.7 cm³/mol. The van der Waals surface area contributed by atoms with Crippen molar-refractivity contribution in [2.24, 2.45) is 5.92 Å². The Bertz CT molecular complexity index is 343. The number of β-amino-alcohol motifs (C(OH)–C–C–N with tert-alkyl or cyclic N) is 1. The molecular formula is C13H25NO8. The number of ether oxygens (including phenoxy) is 2. The van der Waals surface area contributed by atoms with E-state index in [0.29, 0.717) is 0 Å². The highest BCUT2D eigenvalue weighted by atomic mass is 16.7. The van der Waals surface area contributed by atoms with Crippen molar-refractivity contribution in [3.05, 3.63) is 0 Å². The molecule has 9 atom stereocenters. The van der Waals surface area contributed by atoms with Gasteiger partial charge in [0.05, 0.1) is 24.9 Å². The molecule has 2 heterocycles. The van der Waals surface area contributed by atoms with Crippen LogP contribution in [0.1, 0.15) is 6.42 Å². The Balaban J connectivity index is 2.08. The molecule has 0 saturated carbocycles. The summed E-state index contributed by atoms with van der Waals surface area (Å²) in [5.74, 6) is -0.731. The number of methoxy groups -OCH3 is 1. The topological polar surface area (TPSA) is 152 Å². The van der Waals surface area contributed by atoms with Crippen molar-refractivity contribution < 1.29 is 40.1 Å². The normalized spacial score (nSPS) is 50.0. The molecule has 0 amide bonds. The van der Waals surface area contributed by atoms with Gasteiger partial charge < -0.3 is 45.4 Å². The van der Waals surface area contributed by atoms with E-state index in [9.17, 15) is 30.6 Å². The lowest BCUT2D eigenvalue weighted by Crippen LogP contribution is -2.63. The van der Waals surface area contributed by atoms with Crippen LogP contribution in [-0.2, 0) is 9.47 Å². The number of hydrogen-bond donors (Lipinski definition) is 7. The van der Waals surface area contributed by atoms with Gasteiger partial charge in [-0.05, 0) is 6.42 Å². The van der Waals surface area contributed by atoms with Crippen LogP contribution in [0.15, 0.2) is 0 Å². The smallest absolute Gasteiger partial charge is 0.184 e. The van der Waals surface area contributed by atoms with E-state index in [4.69, 9.17) is 9.47 Å². The summed E-state index contributed by atoms with van der Waals surface area (Å²) in [5, 5.41) is 61.8. The van der Waals surface area contributed by atoms with Crippen LogP contribution in [-0.4, -0.2) is 99.9 Å². The van der Waals surface area contributed by atoms with Crippen molar-refractivity contribution in [3.63, 3.8) is 0 Å². The summed E-state index contributed by atoms with van der Waals surface area (Å²) in [6.07, 6.45) is -7.70. The monoisotopic (exact) mass is 323 g/mol. The van der Waals surface area contributed by atoms with Crippen molar-refractivity contribution in [3.8, 4) is 0 Å². The predicted octanol–water partition coefficient (Wildman–Crippen LogP) is -3.87. The number of nitrogens with one attached hydrogen (secondary N) is 1. The van der Waals surface area contributed by atoms with Gasteiger partial charge in [-0.15, -0.1) is 0 Å². The Morgan fingerprint density at radius 3 is 2.32 bits per heavy atom. The molecule has 2 saturated heterocycles. The molecule has 0 radical (unpaired) electrons. The zero-order valence-corrected chi connectivity index (χ0v) is 12.3. The van der Waals surface area contributed by atoms with E-state index in [2.05, 4.69) is 5.32 Å². The molecule has 7 N–H and O–H groups in total. The summed E-state index contributed by atoms with van der Waals surface area (Å²) in [6.45, 7) is -0.346. The van der Waals surface area contributed by atoms with Crippen LogP contribution in [0.2, 0.25) is 0 Å². The van der Waals surface area contributed by atoms with Gasteiger partial charge in [-0.1, -0.05) is 0 Å². The van der Waals surface area contributed by atoms with Gasteiger partial charge in [-0.25, -0.2) is 0 Å². The Kier molecular flexibility index (Phi) is 6.11. The van der Waals surface area contributed by atoms with E-state index in [1.165, 1.54) is 7.11 Å². The Hall–Kier alpha value is -0.360.